The molecule has 1 aliphatic heterocycles. The zero-order valence-corrected chi connectivity index (χ0v) is 13.4. The average molecular weight is 308 g/mol. The summed E-state index contributed by atoms with van der Waals surface area (Å²) >= 11 is 0. The summed E-state index contributed by atoms with van der Waals surface area (Å²) in [6.45, 7) is 5.78. The Labute approximate surface area is 134 Å². The molecule has 1 aliphatic rings. The van der Waals surface area contributed by atoms with E-state index in [2.05, 4.69) is 5.32 Å². The first-order chi connectivity index (χ1) is 11.2. The minimum Gasteiger partial charge on any atom is -0.315 e. The molecule has 1 saturated heterocycles. The van der Waals surface area contributed by atoms with Crippen LogP contribution in [0.4, 0.5) is 0 Å². The number of aryl methyl sites for hydroxylation is 2. The number of hydrogen-bond donors (Lipinski definition) is 1. The summed E-state index contributed by atoms with van der Waals surface area (Å²) in [5.74, 6) is 0. The maximum absolute atomic E-state index is 12.7. The molecule has 0 amide bonds. The predicted octanol–water partition coefficient (Wildman–Crippen LogP) is 2.34. The summed E-state index contributed by atoms with van der Waals surface area (Å²) in [5, 5.41) is 9.17. The molecule has 1 aromatic carbocycles. The second-order valence-corrected chi connectivity index (χ2v) is 6.21. The molecule has 0 bridgehead atoms. The minimum atomic E-state index is 0.0563. The van der Waals surface area contributed by atoms with Crippen molar-refractivity contribution in [3.05, 3.63) is 58.0 Å². The number of nitrogens with zero attached hydrogens (tertiary/aromatic N) is 3. The maximum atomic E-state index is 12.7. The minimum absolute atomic E-state index is 0.0563. The summed E-state index contributed by atoms with van der Waals surface area (Å²) in [4.78, 5) is 12.7. The Balaban J connectivity index is 2.10. The van der Waals surface area contributed by atoms with Crippen LogP contribution in [-0.4, -0.2) is 27.4 Å². The highest BCUT2D eigenvalue weighted by Gasteiger charge is 2.24. The lowest BCUT2D eigenvalue weighted by Crippen LogP contribution is -2.27. The van der Waals surface area contributed by atoms with Crippen LogP contribution in [0.3, 0.4) is 0 Å². The van der Waals surface area contributed by atoms with Gasteiger partial charge in [-0.25, -0.2) is 4.68 Å². The second kappa shape index (κ2) is 5.35. The Kier molecular flexibility index (Phi) is 3.31. The quantitative estimate of drug-likeness (QED) is 0.790. The first kappa shape index (κ1) is 14.2. The van der Waals surface area contributed by atoms with Gasteiger partial charge < -0.3 is 5.32 Å². The van der Waals surface area contributed by atoms with E-state index >= 15 is 0 Å². The number of nitrogens with one attached hydrogen (secondary N) is 1. The largest absolute Gasteiger partial charge is 0.315 e. The molecule has 5 heteroatoms. The van der Waals surface area contributed by atoms with Gasteiger partial charge in [0.1, 0.15) is 5.65 Å². The van der Waals surface area contributed by atoms with E-state index in [0.717, 1.165) is 47.5 Å². The van der Waals surface area contributed by atoms with Crippen molar-refractivity contribution in [1.82, 2.24) is 19.7 Å². The van der Waals surface area contributed by atoms with Crippen LogP contribution in [0.1, 0.15) is 23.7 Å². The molecular weight excluding hydrogens is 288 g/mol. The van der Waals surface area contributed by atoms with Crippen LogP contribution in [0.15, 0.2) is 41.2 Å². The van der Waals surface area contributed by atoms with E-state index in [1.165, 1.54) is 0 Å². The number of hydrogen-bond acceptors (Lipinski definition) is 3. The van der Waals surface area contributed by atoms with Crippen LogP contribution in [0.25, 0.3) is 16.7 Å². The molecule has 1 fully saturated rings. The Morgan fingerprint density at radius 1 is 1.22 bits per heavy atom. The van der Waals surface area contributed by atoms with Gasteiger partial charge in [0, 0.05) is 18.0 Å². The molecule has 23 heavy (non-hydrogen) atoms. The third-order valence-corrected chi connectivity index (χ3v) is 4.64. The van der Waals surface area contributed by atoms with E-state index in [1.807, 2.05) is 53.4 Å². The summed E-state index contributed by atoms with van der Waals surface area (Å²) in [6, 6.07) is 11.9. The third kappa shape index (κ3) is 2.19. The molecule has 2 aromatic heterocycles. The van der Waals surface area contributed by atoms with Gasteiger partial charge in [-0.1, -0.05) is 18.2 Å². The lowest BCUT2D eigenvalue weighted by atomic mass is 10.1. The van der Waals surface area contributed by atoms with Crippen molar-refractivity contribution in [2.24, 2.45) is 0 Å². The zero-order valence-electron chi connectivity index (χ0n) is 13.4. The van der Waals surface area contributed by atoms with Crippen molar-refractivity contribution < 1.29 is 0 Å². The average Bonchev–Trinajstić information content (AvgIpc) is 3.17. The van der Waals surface area contributed by atoms with Crippen molar-refractivity contribution in [2.75, 3.05) is 13.1 Å². The smallest absolute Gasteiger partial charge is 0.252 e. The number of para-hydroxylation sites is 1. The summed E-state index contributed by atoms with van der Waals surface area (Å²) in [5.41, 5.74) is 3.90. The molecule has 3 aromatic rings. The fourth-order valence-corrected chi connectivity index (χ4v) is 3.59. The Hall–Kier alpha value is -2.40. The van der Waals surface area contributed by atoms with E-state index in [0.29, 0.717) is 0 Å². The number of aromatic nitrogens is 3. The number of pyridine rings is 1. The van der Waals surface area contributed by atoms with Gasteiger partial charge in [0.2, 0.25) is 0 Å². The zero-order chi connectivity index (χ0) is 16.0. The number of benzene rings is 1. The molecular formula is C18H20N4O. The van der Waals surface area contributed by atoms with E-state index in [1.54, 1.807) is 6.07 Å². The van der Waals surface area contributed by atoms with E-state index in [9.17, 15) is 4.79 Å². The first-order valence-electron chi connectivity index (χ1n) is 8.04. The SMILES string of the molecule is Cc1cc(=O)n(C2CCNC2)c2c1c(C)nn2-c1ccccc1. The molecule has 1 unspecified atom stereocenters. The van der Waals surface area contributed by atoms with Gasteiger partial charge in [0.15, 0.2) is 0 Å². The lowest BCUT2D eigenvalue weighted by molar-refractivity contribution is 0.538. The molecule has 0 aliphatic carbocycles. The van der Waals surface area contributed by atoms with Crippen LogP contribution in [-0.2, 0) is 0 Å². The van der Waals surface area contributed by atoms with Crippen molar-refractivity contribution in [1.29, 1.82) is 0 Å². The normalized spacial score (nSPS) is 17.9. The van der Waals surface area contributed by atoms with E-state index in [-0.39, 0.29) is 11.6 Å². The highest BCUT2D eigenvalue weighted by molar-refractivity contribution is 5.83. The van der Waals surface area contributed by atoms with Crippen molar-refractivity contribution in [2.45, 2.75) is 26.3 Å². The third-order valence-electron chi connectivity index (χ3n) is 4.64. The van der Waals surface area contributed by atoms with Crippen LogP contribution in [0.2, 0.25) is 0 Å². The van der Waals surface area contributed by atoms with Crippen LogP contribution < -0.4 is 10.9 Å². The highest BCUT2D eigenvalue weighted by atomic mass is 16.1. The number of fused-ring (bicyclic) bond motifs is 1. The molecule has 1 atom stereocenters. The molecule has 0 spiro atoms. The van der Waals surface area contributed by atoms with Crippen molar-refractivity contribution >= 4 is 11.0 Å². The van der Waals surface area contributed by atoms with Gasteiger partial charge in [-0.15, -0.1) is 0 Å². The predicted molar refractivity (Wildman–Crippen MR) is 91.3 cm³/mol. The van der Waals surface area contributed by atoms with E-state index in [4.69, 9.17) is 5.10 Å². The summed E-state index contributed by atoms with van der Waals surface area (Å²) < 4.78 is 3.84. The van der Waals surface area contributed by atoms with Crippen molar-refractivity contribution in [3.63, 3.8) is 0 Å². The Morgan fingerprint density at radius 2 is 2.00 bits per heavy atom. The molecule has 4 rings (SSSR count). The van der Waals surface area contributed by atoms with Crippen LogP contribution >= 0.6 is 0 Å². The maximum Gasteiger partial charge on any atom is 0.252 e. The Bertz CT molecular complexity index is 918. The second-order valence-electron chi connectivity index (χ2n) is 6.21. The Morgan fingerprint density at radius 3 is 2.70 bits per heavy atom. The molecule has 3 heterocycles. The van der Waals surface area contributed by atoms with Crippen LogP contribution in [0.5, 0.6) is 0 Å². The fraction of sp³-hybridized carbons (Fsp3) is 0.333. The van der Waals surface area contributed by atoms with Gasteiger partial charge in [0.05, 0.1) is 17.4 Å². The van der Waals surface area contributed by atoms with Crippen LogP contribution in [0, 0.1) is 13.8 Å². The van der Waals surface area contributed by atoms with Crippen molar-refractivity contribution in [3.8, 4) is 5.69 Å². The standard InChI is InChI=1S/C18H20N4O/c1-12-10-16(23)21(15-8-9-19-11-15)18-17(12)13(2)20-22(18)14-6-4-3-5-7-14/h3-7,10,15,19H,8-9,11H2,1-2H3. The fourth-order valence-electron chi connectivity index (χ4n) is 3.59. The van der Waals surface area contributed by atoms with Gasteiger partial charge in [-0.3, -0.25) is 9.36 Å². The van der Waals surface area contributed by atoms with Gasteiger partial charge in [-0.2, -0.15) is 5.10 Å². The van der Waals surface area contributed by atoms with Gasteiger partial charge in [0.25, 0.3) is 5.56 Å². The van der Waals surface area contributed by atoms with Gasteiger partial charge in [-0.05, 0) is 44.5 Å². The molecule has 1 N–H and O–H groups in total. The molecule has 0 saturated carbocycles. The number of rotatable bonds is 2. The monoisotopic (exact) mass is 308 g/mol. The topological polar surface area (TPSA) is 51.9 Å². The summed E-state index contributed by atoms with van der Waals surface area (Å²) in [7, 11) is 0. The van der Waals surface area contributed by atoms with E-state index < -0.39 is 0 Å². The molecule has 118 valence electrons. The lowest BCUT2D eigenvalue weighted by Gasteiger charge is -2.17. The van der Waals surface area contributed by atoms with Gasteiger partial charge >= 0.3 is 0 Å². The first-order valence-corrected chi connectivity index (χ1v) is 8.04. The summed E-state index contributed by atoms with van der Waals surface area (Å²) in [6.07, 6.45) is 0.969. The molecule has 5 nitrogen and oxygen atoms in total. The highest BCUT2D eigenvalue weighted by Crippen LogP contribution is 2.27. The molecule has 0 radical (unpaired) electrons.